The number of carbonyl (C=O) groups excluding carboxylic acids is 3. The topological polar surface area (TPSA) is 94.2 Å². The highest BCUT2D eigenvalue weighted by Crippen LogP contribution is 2.33. The SMILES string of the molecule is COC(=O)C[C@@H]1CC[C@H]2[C@H](COc3ccc(NC(=O)C4CCC4)cc3C(=O)N2C)O1. The van der Waals surface area contributed by atoms with Gasteiger partial charge in [-0.3, -0.25) is 14.4 Å². The maximum absolute atomic E-state index is 13.2. The summed E-state index contributed by atoms with van der Waals surface area (Å²) in [6, 6.07) is 5.01. The number of amides is 2. The van der Waals surface area contributed by atoms with Crippen LogP contribution in [0, 0.1) is 5.92 Å². The maximum Gasteiger partial charge on any atom is 0.308 e. The monoisotopic (exact) mass is 416 g/mol. The van der Waals surface area contributed by atoms with Crippen molar-refractivity contribution in [2.45, 2.75) is 56.8 Å². The number of methoxy groups -OCH3 is 1. The lowest BCUT2D eigenvalue weighted by atomic mass is 9.85. The highest BCUT2D eigenvalue weighted by atomic mass is 16.5. The first-order valence-corrected chi connectivity index (χ1v) is 10.5. The summed E-state index contributed by atoms with van der Waals surface area (Å²) < 4.78 is 16.7. The number of fused-ring (bicyclic) bond motifs is 2. The number of anilines is 1. The molecule has 1 saturated heterocycles. The Morgan fingerprint density at radius 1 is 1.23 bits per heavy atom. The summed E-state index contributed by atoms with van der Waals surface area (Å²) in [6.07, 6.45) is 3.93. The highest BCUT2D eigenvalue weighted by molar-refractivity contribution is 6.00. The lowest BCUT2D eigenvalue weighted by Crippen LogP contribution is -2.53. The number of benzene rings is 1. The van der Waals surface area contributed by atoms with Gasteiger partial charge in [0.25, 0.3) is 5.91 Å². The van der Waals surface area contributed by atoms with Gasteiger partial charge in [0.15, 0.2) is 0 Å². The first-order valence-electron chi connectivity index (χ1n) is 10.5. The van der Waals surface area contributed by atoms with E-state index in [0.717, 1.165) is 19.3 Å². The summed E-state index contributed by atoms with van der Waals surface area (Å²) >= 11 is 0. The Bertz CT molecular complexity index is 837. The fourth-order valence-electron chi connectivity index (χ4n) is 4.29. The van der Waals surface area contributed by atoms with Crippen LogP contribution in [0.2, 0.25) is 0 Å². The van der Waals surface area contributed by atoms with E-state index in [1.807, 2.05) is 0 Å². The van der Waals surface area contributed by atoms with Crippen LogP contribution in [-0.2, 0) is 19.1 Å². The molecule has 3 aliphatic rings. The number of rotatable bonds is 4. The van der Waals surface area contributed by atoms with E-state index >= 15 is 0 Å². The van der Waals surface area contributed by atoms with E-state index in [1.54, 1.807) is 30.1 Å². The van der Waals surface area contributed by atoms with Crippen molar-refractivity contribution in [2.24, 2.45) is 5.92 Å². The number of nitrogens with one attached hydrogen (secondary N) is 1. The minimum absolute atomic E-state index is 0.00570. The van der Waals surface area contributed by atoms with Gasteiger partial charge in [0.05, 0.1) is 31.2 Å². The normalized spacial score (nSPS) is 26.3. The zero-order valence-electron chi connectivity index (χ0n) is 17.4. The minimum atomic E-state index is -0.325. The third kappa shape index (κ3) is 4.14. The molecule has 2 aliphatic heterocycles. The van der Waals surface area contributed by atoms with E-state index < -0.39 is 0 Å². The molecule has 4 rings (SSSR count). The van der Waals surface area contributed by atoms with Crippen molar-refractivity contribution in [2.75, 3.05) is 26.1 Å². The van der Waals surface area contributed by atoms with Crippen LogP contribution in [0.1, 0.15) is 48.9 Å². The molecule has 1 saturated carbocycles. The fraction of sp³-hybridized carbons (Fsp3) is 0.591. The van der Waals surface area contributed by atoms with Crippen LogP contribution >= 0.6 is 0 Å². The zero-order valence-corrected chi connectivity index (χ0v) is 17.4. The summed E-state index contributed by atoms with van der Waals surface area (Å²) in [5.74, 6) is 0.0578. The summed E-state index contributed by atoms with van der Waals surface area (Å²) in [5, 5.41) is 2.92. The molecule has 2 amide bonds. The van der Waals surface area contributed by atoms with Crippen LogP contribution in [0.15, 0.2) is 18.2 Å². The molecule has 0 bridgehead atoms. The van der Waals surface area contributed by atoms with Crippen LogP contribution in [0.5, 0.6) is 5.75 Å². The van der Waals surface area contributed by atoms with Crippen LogP contribution in [0.4, 0.5) is 5.69 Å². The molecular formula is C22H28N2O6. The van der Waals surface area contributed by atoms with Crippen molar-refractivity contribution in [3.8, 4) is 5.75 Å². The Kier molecular flexibility index (Phi) is 5.94. The van der Waals surface area contributed by atoms with Gasteiger partial charge in [0.1, 0.15) is 18.5 Å². The smallest absolute Gasteiger partial charge is 0.308 e. The highest BCUT2D eigenvalue weighted by Gasteiger charge is 2.39. The number of hydrogen-bond donors (Lipinski definition) is 1. The van der Waals surface area contributed by atoms with Crippen molar-refractivity contribution in [1.82, 2.24) is 4.90 Å². The maximum atomic E-state index is 13.2. The Labute approximate surface area is 175 Å². The zero-order chi connectivity index (χ0) is 21.3. The van der Waals surface area contributed by atoms with Gasteiger partial charge < -0.3 is 24.4 Å². The van der Waals surface area contributed by atoms with Gasteiger partial charge in [-0.2, -0.15) is 0 Å². The van der Waals surface area contributed by atoms with E-state index in [2.05, 4.69) is 5.32 Å². The van der Waals surface area contributed by atoms with Gasteiger partial charge >= 0.3 is 5.97 Å². The molecule has 1 N–H and O–H groups in total. The van der Waals surface area contributed by atoms with Gasteiger partial charge in [-0.05, 0) is 43.9 Å². The van der Waals surface area contributed by atoms with Gasteiger partial charge in [0, 0.05) is 18.7 Å². The van der Waals surface area contributed by atoms with Crippen LogP contribution in [-0.4, -0.2) is 61.7 Å². The Morgan fingerprint density at radius 3 is 2.73 bits per heavy atom. The average molecular weight is 416 g/mol. The van der Waals surface area contributed by atoms with Gasteiger partial charge in [-0.25, -0.2) is 0 Å². The average Bonchev–Trinajstić information content (AvgIpc) is 2.69. The lowest BCUT2D eigenvalue weighted by Gasteiger charge is -2.42. The van der Waals surface area contributed by atoms with Crippen molar-refractivity contribution in [3.05, 3.63) is 23.8 Å². The molecule has 162 valence electrons. The predicted octanol–water partition coefficient (Wildman–Crippen LogP) is 2.37. The number of likely N-dealkylation sites (N-methyl/N-ethyl adjacent to an activating group) is 1. The molecule has 0 aromatic heterocycles. The molecule has 0 spiro atoms. The molecular weight excluding hydrogens is 388 g/mol. The quantitative estimate of drug-likeness (QED) is 0.758. The Balaban J connectivity index is 1.50. The number of ether oxygens (including phenoxy) is 3. The second-order valence-electron chi connectivity index (χ2n) is 8.28. The molecule has 1 aromatic carbocycles. The van der Waals surface area contributed by atoms with E-state index in [9.17, 15) is 14.4 Å². The molecule has 0 unspecified atom stereocenters. The predicted molar refractivity (Wildman–Crippen MR) is 108 cm³/mol. The summed E-state index contributed by atoms with van der Waals surface area (Å²) in [6.45, 7) is 0.279. The number of nitrogens with zero attached hydrogens (tertiary/aromatic N) is 1. The van der Waals surface area contributed by atoms with E-state index in [1.165, 1.54) is 7.11 Å². The standard InChI is InChI=1S/C22H28N2O6/c1-24-17-8-7-15(11-20(25)28-2)30-19(17)12-29-18-9-6-14(10-16(18)22(24)27)23-21(26)13-4-3-5-13/h6,9-10,13,15,17,19H,3-5,7-8,11-12H2,1-2H3,(H,23,26)/t15-,17-,19-/m0/s1. The second kappa shape index (κ2) is 8.63. The van der Waals surface area contributed by atoms with Crippen LogP contribution < -0.4 is 10.1 Å². The number of hydrogen-bond acceptors (Lipinski definition) is 6. The van der Waals surface area contributed by atoms with Crippen LogP contribution in [0.25, 0.3) is 0 Å². The molecule has 30 heavy (non-hydrogen) atoms. The van der Waals surface area contributed by atoms with E-state index in [0.29, 0.717) is 29.8 Å². The van der Waals surface area contributed by atoms with Crippen molar-refractivity contribution >= 4 is 23.5 Å². The van der Waals surface area contributed by atoms with Gasteiger partial charge in [0.2, 0.25) is 5.91 Å². The summed E-state index contributed by atoms with van der Waals surface area (Å²) in [4.78, 5) is 38.7. The third-order valence-corrected chi connectivity index (χ3v) is 6.38. The van der Waals surface area contributed by atoms with Gasteiger partial charge in [-0.1, -0.05) is 6.42 Å². The molecule has 3 atom stereocenters. The molecule has 1 aromatic rings. The van der Waals surface area contributed by atoms with Gasteiger partial charge in [-0.15, -0.1) is 0 Å². The minimum Gasteiger partial charge on any atom is -0.490 e. The number of esters is 1. The molecule has 2 heterocycles. The largest absolute Gasteiger partial charge is 0.490 e. The van der Waals surface area contributed by atoms with E-state index in [4.69, 9.17) is 14.2 Å². The van der Waals surface area contributed by atoms with E-state index in [-0.39, 0.29) is 55.0 Å². The van der Waals surface area contributed by atoms with Crippen molar-refractivity contribution in [3.63, 3.8) is 0 Å². The molecule has 2 fully saturated rings. The van der Waals surface area contributed by atoms with Crippen molar-refractivity contribution < 1.29 is 28.6 Å². The Hall–Kier alpha value is -2.61. The van der Waals surface area contributed by atoms with Crippen molar-refractivity contribution in [1.29, 1.82) is 0 Å². The molecule has 8 heteroatoms. The second-order valence-corrected chi connectivity index (χ2v) is 8.28. The fourth-order valence-corrected chi connectivity index (χ4v) is 4.29. The lowest BCUT2D eigenvalue weighted by molar-refractivity contribution is -0.151. The Morgan fingerprint density at radius 2 is 2.03 bits per heavy atom. The molecule has 0 radical (unpaired) electrons. The van der Waals surface area contributed by atoms with Crippen LogP contribution in [0.3, 0.4) is 0 Å². The molecule has 8 nitrogen and oxygen atoms in total. The number of carbonyl (C=O) groups is 3. The third-order valence-electron chi connectivity index (χ3n) is 6.38. The first-order chi connectivity index (χ1) is 14.5. The first kappa shape index (κ1) is 20.7. The summed E-state index contributed by atoms with van der Waals surface area (Å²) in [5.41, 5.74) is 1.03. The molecule has 1 aliphatic carbocycles. The summed E-state index contributed by atoms with van der Waals surface area (Å²) in [7, 11) is 3.12.